The molecule has 0 amide bonds. The van der Waals surface area contributed by atoms with Gasteiger partial charge in [-0.3, -0.25) is 9.13 Å². The maximum Gasteiger partial charge on any atom is 0.523 e. The molecule has 0 aromatic rings. The Hall–Kier alpha value is 0.0569. The van der Waals surface area contributed by atoms with E-state index in [1.54, 1.807) is 0 Å². The number of rotatable bonds is 4. The fourth-order valence-electron chi connectivity index (χ4n) is 3.89. The van der Waals surface area contributed by atoms with Gasteiger partial charge in [0.1, 0.15) is 0 Å². The predicted octanol–water partition coefficient (Wildman–Crippen LogP) is 2.95. The van der Waals surface area contributed by atoms with E-state index in [2.05, 4.69) is 64.5 Å². The van der Waals surface area contributed by atoms with Crippen LogP contribution >= 0.6 is 0 Å². The van der Waals surface area contributed by atoms with Crippen molar-refractivity contribution >= 4 is 8.88 Å². The van der Waals surface area contributed by atoms with Crippen LogP contribution in [0.5, 0.6) is 0 Å². The normalized spacial score (nSPS) is 35.4. The molecular formula is C16H34N2O2Si. The van der Waals surface area contributed by atoms with Crippen LogP contribution < -0.4 is 0 Å². The van der Waals surface area contributed by atoms with Gasteiger partial charge in [-0.2, -0.15) is 0 Å². The second-order valence-corrected chi connectivity index (χ2v) is 10.5. The second-order valence-electron chi connectivity index (χ2n) is 7.80. The lowest BCUT2D eigenvalue weighted by atomic mass is 10.0. The van der Waals surface area contributed by atoms with E-state index in [9.17, 15) is 0 Å². The topological polar surface area (TPSA) is 24.9 Å². The molecule has 2 unspecified atom stereocenters. The highest BCUT2D eigenvalue weighted by molar-refractivity contribution is 6.63. The Kier molecular flexibility index (Phi) is 5.21. The van der Waals surface area contributed by atoms with Gasteiger partial charge < -0.3 is 8.85 Å². The lowest BCUT2D eigenvalue weighted by Gasteiger charge is -2.43. The zero-order valence-corrected chi connectivity index (χ0v) is 16.1. The van der Waals surface area contributed by atoms with Crippen molar-refractivity contribution in [3.05, 3.63) is 0 Å². The molecule has 4 nitrogen and oxygen atoms in total. The standard InChI is InChI=1S/C16H34N2O2Si/c1-11(2)15-9-19-21(17(15)13(5)6)18(14(7)8)16(10-20-21)12(3)4/h11-16H,9-10H2,1-8H3. The zero-order chi connectivity index (χ0) is 15.9. The van der Waals surface area contributed by atoms with Crippen LogP contribution in [0.4, 0.5) is 0 Å². The van der Waals surface area contributed by atoms with Crippen molar-refractivity contribution in [3.63, 3.8) is 0 Å². The van der Waals surface area contributed by atoms with Crippen LogP contribution in [-0.2, 0) is 8.85 Å². The summed E-state index contributed by atoms with van der Waals surface area (Å²) in [6.45, 7) is 19.9. The largest absolute Gasteiger partial charge is 0.523 e. The van der Waals surface area contributed by atoms with E-state index in [1.807, 2.05) is 0 Å². The van der Waals surface area contributed by atoms with Gasteiger partial charge >= 0.3 is 8.88 Å². The summed E-state index contributed by atoms with van der Waals surface area (Å²) in [5.41, 5.74) is 0. The average Bonchev–Trinajstić information content (AvgIpc) is 2.91. The molecule has 2 atom stereocenters. The Balaban J connectivity index is 2.39. The van der Waals surface area contributed by atoms with Gasteiger partial charge in [-0.25, -0.2) is 0 Å². The molecule has 2 aliphatic rings. The van der Waals surface area contributed by atoms with Gasteiger partial charge in [0, 0.05) is 24.2 Å². The van der Waals surface area contributed by atoms with E-state index >= 15 is 0 Å². The maximum absolute atomic E-state index is 6.47. The molecule has 2 aliphatic heterocycles. The molecule has 0 saturated carbocycles. The molecule has 124 valence electrons. The minimum absolute atomic E-state index is 0.457. The van der Waals surface area contributed by atoms with Crippen LogP contribution in [0.3, 0.4) is 0 Å². The lowest BCUT2D eigenvalue weighted by Crippen LogP contribution is -2.68. The molecule has 2 heterocycles. The summed E-state index contributed by atoms with van der Waals surface area (Å²) in [6, 6.07) is 1.87. The summed E-state index contributed by atoms with van der Waals surface area (Å²) in [5, 5.41) is 0. The third-order valence-corrected chi connectivity index (χ3v) is 8.99. The quantitative estimate of drug-likeness (QED) is 0.745. The van der Waals surface area contributed by atoms with Crippen LogP contribution in [0.2, 0.25) is 0 Å². The highest BCUT2D eigenvalue weighted by Gasteiger charge is 2.66. The van der Waals surface area contributed by atoms with Gasteiger partial charge in [-0.05, 0) is 11.8 Å². The molecule has 0 N–H and O–H groups in total. The second kappa shape index (κ2) is 6.28. The predicted molar refractivity (Wildman–Crippen MR) is 88.9 cm³/mol. The monoisotopic (exact) mass is 314 g/mol. The van der Waals surface area contributed by atoms with Crippen molar-refractivity contribution in [1.29, 1.82) is 0 Å². The minimum Gasteiger partial charge on any atom is -0.369 e. The molecule has 0 aliphatic carbocycles. The summed E-state index contributed by atoms with van der Waals surface area (Å²) in [5.74, 6) is 1.19. The summed E-state index contributed by atoms with van der Waals surface area (Å²) >= 11 is 0. The van der Waals surface area contributed by atoms with Gasteiger partial charge in [-0.15, -0.1) is 0 Å². The SMILES string of the molecule is CC(C)C1CO[Si]2(OCC(C(C)C)N2C(C)C)N1C(C)C. The molecule has 1 spiro atoms. The molecule has 0 aromatic heterocycles. The minimum atomic E-state index is -2.44. The van der Waals surface area contributed by atoms with Crippen molar-refractivity contribution in [1.82, 2.24) is 9.13 Å². The van der Waals surface area contributed by atoms with E-state index < -0.39 is 8.88 Å². The molecule has 21 heavy (non-hydrogen) atoms. The molecule has 2 rings (SSSR count). The van der Waals surface area contributed by atoms with Crippen LogP contribution in [0, 0.1) is 11.8 Å². The highest BCUT2D eigenvalue weighted by atomic mass is 28.4. The molecule has 0 radical (unpaired) electrons. The van der Waals surface area contributed by atoms with E-state index in [1.165, 1.54) is 0 Å². The van der Waals surface area contributed by atoms with Crippen LogP contribution in [-0.4, -0.2) is 55.4 Å². The van der Waals surface area contributed by atoms with Crippen molar-refractivity contribution in [3.8, 4) is 0 Å². The van der Waals surface area contributed by atoms with Crippen LogP contribution in [0.15, 0.2) is 0 Å². The molecular weight excluding hydrogens is 280 g/mol. The Morgan fingerprint density at radius 1 is 0.714 bits per heavy atom. The highest BCUT2D eigenvalue weighted by Crippen LogP contribution is 2.40. The third kappa shape index (κ3) is 2.83. The molecule has 2 fully saturated rings. The Morgan fingerprint density at radius 2 is 1.05 bits per heavy atom. The van der Waals surface area contributed by atoms with Crippen molar-refractivity contribution in [2.75, 3.05) is 13.2 Å². The van der Waals surface area contributed by atoms with Gasteiger partial charge in [0.2, 0.25) is 0 Å². The number of hydrogen-bond donors (Lipinski definition) is 0. The maximum atomic E-state index is 6.47. The number of nitrogens with zero attached hydrogens (tertiary/aromatic N) is 2. The first-order valence-corrected chi connectivity index (χ1v) is 10.3. The van der Waals surface area contributed by atoms with Crippen LogP contribution in [0.25, 0.3) is 0 Å². The van der Waals surface area contributed by atoms with E-state index in [0.717, 1.165) is 13.2 Å². The third-order valence-electron chi connectivity index (χ3n) is 4.90. The van der Waals surface area contributed by atoms with Gasteiger partial charge in [0.25, 0.3) is 0 Å². The fraction of sp³-hybridized carbons (Fsp3) is 1.00. The Morgan fingerprint density at radius 3 is 1.29 bits per heavy atom. The van der Waals surface area contributed by atoms with Crippen molar-refractivity contribution < 1.29 is 8.85 Å². The molecule has 5 heteroatoms. The van der Waals surface area contributed by atoms with Gasteiger partial charge in [-0.1, -0.05) is 55.4 Å². The Bertz CT molecular complexity index is 326. The van der Waals surface area contributed by atoms with Gasteiger partial charge in [0.15, 0.2) is 0 Å². The first kappa shape index (κ1) is 17.4. The van der Waals surface area contributed by atoms with E-state index in [4.69, 9.17) is 8.85 Å². The average molecular weight is 315 g/mol. The Labute approximate surface area is 132 Å². The molecule has 0 bridgehead atoms. The summed E-state index contributed by atoms with van der Waals surface area (Å²) in [4.78, 5) is 0. The fourth-order valence-corrected chi connectivity index (χ4v) is 8.50. The molecule has 0 aromatic carbocycles. The number of hydrogen-bond acceptors (Lipinski definition) is 4. The summed E-state index contributed by atoms with van der Waals surface area (Å²) < 4.78 is 18.1. The van der Waals surface area contributed by atoms with Crippen molar-refractivity contribution in [2.45, 2.75) is 79.6 Å². The first-order valence-electron chi connectivity index (χ1n) is 8.57. The first-order chi connectivity index (χ1) is 9.72. The summed E-state index contributed by atoms with van der Waals surface area (Å²) in [6.07, 6.45) is 0. The zero-order valence-electron chi connectivity index (χ0n) is 15.1. The van der Waals surface area contributed by atoms with E-state index in [-0.39, 0.29) is 0 Å². The van der Waals surface area contributed by atoms with E-state index in [0.29, 0.717) is 36.0 Å². The van der Waals surface area contributed by atoms with Crippen molar-refractivity contribution in [2.24, 2.45) is 11.8 Å². The van der Waals surface area contributed by atoms with Gasteiger partial charge in [0.05, 0.1) is 13.2 Å². The smallest absolute Gasteiger partial charge is 0.369 e. The van der Waals surface area contributed by atoms with Crippen LogP contribution in [0.1, 0.15) is 55.4 Å². The lowest BCUT2D eigenvalue weighted by molar-refractivity contribution is 0.146. The molecule has 2 saturated heterocycles. The summed E-state index contributed by atoms with van der Waals surface area (Å²) in [7, 11) is -2.44.